The van der Waals surface area contributed by atoms with Gasteiger partial charge in [0.2, 0.25) is 5.91 Å². The average Bonchev–Trinajstić information content (AvgIpc) is 3.07. The van der Waals surface area contributed by atoms with Crippen molar-refractivity contribution in [1.29, 1.82) is 0 Å². The van der Waals surface area contributed by atoms with Crippen LogP contribution >= 0.6 is 23.4 Å². The van der Waals surface area contributed by atoms with E-state index >= 15 is 0 Å². The number of fused-ring (bicyclic) bond motifs is 1. The molecule has 1 N–H and O–H groups in total. The molecule has 3 amide bonds. The zero-order valence-corrected chi connectivity index (χ0v) is 22.6. The first-order valence-electron chi connectivity index (χ1n) is 11.9. The molecular formula is C27H30ClN3O4S. The Kier molecular flexibility index (Phi) is 7.38. The summed E-state index contributed by atoms with van der Waals surface area (Å²) in [5, 5.41) is 2.72. The number of carbonyl (C=O) groups is 3. The van der Waals surface area contributed by atoms with E-state index in [2.05, 4.69) is 38.0 Å². The van der Waals surface area contributed by atoms with Crippen LogP contribution in [-0.4, -0.2) is 47.7 Å². The molecule has 2 aromatic carbocycles. The van der Waals surface area contributed by atoms with Crippen molar-refractivity contribution < 1.29 is 19.1 Å². The first-order chi connectivity index (χ1) is 17.0. The smallest absolute Gasteiger partial charge is 0.294 e. The molecule has 4 rings (SSSR count). The quantitative estimate of drug-likeness (QED) is 0.455. The van der Waals surface area contributed by atoms with Crippen molar-refractivity contribution in [3.8, 4) is 5.75 Å². The third-order valence-electron chi connectivity index (χ3n) is 6.66. The fourth-order valence-electron chi connectivity index (χ4n) is 4.64. The van der Waals surface area contributed by atoms with Crippen LogP contribution in [0, 0.1) is 0 Å². The molecule has 0 aliphatic carbocycles. The molecular weight excluding hydrogens is 498 g/mol. The fraction of sp³-hybridized carbons (Fsp3) is 0.370. The van der Waals surface area contributed by atoms with Crippen LogP contribution in [-0.2, 0) is 9.59 Å². The molecule has 2 aliphatic rings. The van der Waals surface area contributed by atoms with E-state index in [1.165, 1.54) is 0 Å². The van der Waals surface area contributed by atoms with Crippen LogP contribution in [0.2, 0.25) is 5.02 Å². The number of thioether (sulfide) groups is 1. The Bertz CT molecular complexity index is 1240. The summed E-state index contributed by atoms with van der Waals surface area (Å²) in [7, 11) is 2.06. The standard InChI is InChI=1S/C27H30ClN3O4S/c1-6-35-19-9-7-18(8-10-19)29-24(32)15-31-25(33)23(36-26(31)34)12-17-11-20-16(2)14-27(3,4)30(5)22(20)13-21(17)28/h7-13,16H,6,14-15H2,1-5H3,(H,29,32)/b23-12+. The number of halogens is 1. The lowest BCUT2D eigenvalue weighted by Crippen LogP contribution is -2.45. The van der Waals surface area contributed by atoms with Crippen molar-refractivity contribution in [2.24, 2.45) is 0 Å². The number of hydrogen-bond donors (Lipinski definition) is 1. The van der Waals surface area contributed by atoms with Crippen LogP contribution in [0.4, 0.5) is 16.2 Å². The van der Waals surface area contributed by atoms with Gasteiger partial charge in [-0.15, -0.1) is 0 Å². The highest BCUT2D eigenvalue weighted by molar-refractivity contribution is 8.18. The molecule has 2 aromatic rings. The monoisotopic (exact) mass is 527 g/mol. The van der Waals surface area contributed by atoms with E-state index in [4.69, 9.17) is 16.3 Å². The Morgan fingerprint density at radius 2 is 1.94 bits per heavy atom. The van der Waals surface area contributed by atoms with Gasteiger partial charge in [0, 0.05) is 29.0 Å². The molecule has 1 saturated heterocycles. The number of rotatable bonds is 6. The minimum atomic E-state index is -0.507. The fourth-order valence-corrected chi connectivity index (χ4v) is 5.68. The molecule has 0 saturated carbocycles. The van der Waals surface area contributed by atoms with Crippen molar-refractivity contribution in [2.45, 2.75) is 45.6 Å². The van der Waals surface area contributed by atoms with Crippen molar-refractivity contribution in [3.05, 3.63) is 57.5 Å². The normalized spacial score (nSPS) is 20.1. The van der Waals surface area contributed by atoms with Gasteiger partial charge >= 0.3 is 0 Å². The number of nitrogens with one attached hydrogen (secondary N) is 1. The van der Waals surface area contributed by atoms with Crippen LogP contribution in [0.5, 0.6) is 5.75 Å². The maximum Gasteiger partial charge on any atom is 0.294 e. The average molecular weight is 528 g/mol. The van der Waals surface area contributed by atoms with Crippen LogP contribution < -0.4 is 15.0 Å². The summed E-state index contributed by atoms with van der Waals surface area (Å²) < 4.78 is 5.39. The molecule has 0 bridgehead atoms. The summed E-state index contributed by atoms with van der Waals surface area (Å²) in [4.78, 5) is 41.5. The highest BCUT2D eigenvalue weighted by Crippen LogP contribution is 2.45. The Hall–Kier alpha value is -2.97. The number of benzene rings is 2. The zero-order valence-electron chi connectivity index (χ0n) is 21.1. The molecule has 0 aromatic heterocycles. The molecule has 1 atom stereocenters. The van der Waals surface area contributed by atoms with Crippen LogP contribution in [0.1, 0.15) is 51.2 Å². The summed E-state index contributed by atoms with van der Waals surface area (Å²) in [5.74, 6) is 0.0371. The van der Waals surface area contributed by atoms with Gasteiger partial charge in [-0.3, -0.25) is 19.3 Å². The highest BCUT2D eigenvalue weighted by Gasteiger charge is 2.37. The molecule has 9 heteroatoms. The van der Waals surface area contributed by atoms with E-state index in [9.17, 15) is 14.4 Å². The lowest BCUT2D eigenvalue weighted by atomic mass is 9.80. The van der Waals surface area contributed by atoms with E-state index in [0.29, 0.717) is 34.5 Å². The molecule has 0 spiro atoms. The van der Waals surface area contributed by atoms with E-state index in [1.807, 2.05) is 19.1 Å². The summed E-state index contributed by atoms with van der Waals surface area (Å²) in [6, 6.07) is 10.8. The number of hydrogen-bond acceptors (Lipinski definition) is 6. The van der Waals surface area contributed by atoms with Gasteiger partial charge in [-0.25, -0.2) is 0 Å². The Balaban J connectivity index is 1.49. The van der Waals surface area contributed by atoms with Crippen molar-refractivity contribution in [1.82, 2.24) is 4.90 Å². The van der Waals surface area contributed by atoms with Gasteiger partial charge in [-0.1, -0.05) is 18.5 Å². The number of amides is 3. The minimum absolute atomic E-state index is 0.00577. The summed E-state index contributed by atoms with van der Waals surface area (Å²) in [6.45, 7) is 8.65. The second-order valence-corrected chi connectivity index (χ2v) is 11.1. The lowest BCUT2D eigenvalue weighted by Gasteiger charge is -2.45. The summed E-state index contributed by atoms with van der Waals surface area (Å²) in [6.07, 6.45) is 2.63. The van der Waals surface area contributed by atoms with Crippen LogP contribution in [0.15, 0.2) is 41.3 Å². The molecule has 7 nitrogen and oxygen atoms in total. The third-order valence-corrected chi connectivity index (χ3v) is 7.90. The Morgan fingerprint density at radius 3 is 2.61 bits per heavy atom. The highest BCUT2D eigenvalue weighted by atomic mass is 35.5. The number of imide groups is 1. The zero-order chi connectivity index (χ0) is 26.2. The number of nitrogens with zero attached hydrogens (tertiary/aromatic N) is 2. The molecule has 1 fully saturated rings. The first kappa shape index (κ1) is 26.1. The van der Waals surface area contributed by atoms with Gasteiger partial charge in [-0.2, -0.15) is 0 Å². The van der Waals surface area contributed by atoms with Crippen molar-refractivity contribution >= 4 is 57.9 Å². The number of carbonyl (C=O) groups excluding carboxylic acids is 3. The largest absolute Gasteiger partial charge is 0.494 e. The van der Waals surface area contributed by atoms with Crippen molar-refractivity contribution in [3.63, 3.8) is 0 Å². The maximum atomic E-state index is 13.0. The van der Waals surface area contributed by atoms with E-state index in [-0.39, 0.29) is 17.0 Å². The topological polar surface area (TPSA) is 79.0 Å². The molecule has 190 valence electrons. The Labute approximate surface area is 220 Å². The van der Waals surface area contributed by atoms with Crippen LogP contribution in [0.25, 0.3) is 6.08 Å². The van der Waals surface area contributed by atoms with Gasteiger partial charge in [0.05, 0.1) is 11.5 Å². The lowest BCUT2D eigenvalue weighted by molar-refractivity contribution is -0.127. The molecule has 36 heavy (non-hydrogen) atoms. The van der Waals surface area contributed by atoms with Gasteiger partial charge in [0.15, 0.2) is 0 Å². The first-order valence-corrected chi connectivity index (χ1v) is 13.0. The van der Waals surface area contributed by atoms with E-state index < -0.39 is 17.1 Å². The van der Waals surface area contributed by atoms with Gasteiger partial charge < -0.3 is 15.0 Å². The van der Waals surface area contributed by atoms with Gasteiger partial charge in [-0.05, 0) is 98.5 Å². The maximum absolute atomic E-state index is 13.0. The second-order valence-electron chi connectivity index (χ2n) is 9.68. The molecule has 1 unspecified atom stereocenters. The SMILES string of the molecule is CCOc1ccc(NC(=O)CN2C(=O)S/C(=C/c3cc4c(cc3Cl)N(C)C(C)(C)CC4C)C2=O)cc1. The number of ether oxygens (including phenoxy) is 1. The van der Waals surface area contributed by atoms with E-state index in [1.54, 1.807) is 30.3 Å². The molecule has 2 heterocycles. The predicted octanol–water partition coefficient (Wildman–Crippen LogP) is 6.14. The van der Waals surface area contributed by atoms with Crippen molar-refractivity contribution in [2.75, 3.05) is 30.4 Å². The summed E-state index contributed by atoms with van der Waals surface area (Å²) in [5.41, 5.74) is 3.46. The molecule has 0 radical (unpaired) electrons. The van der Waals surface area contributed by atoms with E-state index in [0.717, 1.165) is 34.3 Å². The molecule has 2 aliphatic heterocycles. The van der Waals surface area contributed by atoms with Crippen LogP contribution in [0.3, 0.4) is 0 Å². The second kappa shape index (κ2) is 10.2. The van der Waals surface area contributed by atoms with Gasteiger partial charge in [0.1, 0.15) is 12.3 Å². The number of anilines is 2. The van der Waals surface area contributed by atoms with Gasteiger partial charge in [0.25, 0.3) is 11.1 Å². The predicted molar refractivity (Wildman–Crippen MR) is 146 cm³/mol. The minimum Gasteiger partial charge on any atom is -0.494 e. The summed E-state index contributed by atoms with van der Waals surface area (Å²) >= 11 is 7.42. The Morgan fingerprint density at radius 1 is 1.25 bits per heavy atom. The third kappa shape index (κ3) is 5.25.